The molecule has 0 aromatic heterocycles. The van der Waals surface area contributed by atoms with Crippen molar-refractivity contribution in [1.82, 2.24) is 0 Å². The molecule has 0 radical (unpaired) electrons. The third-order valence-corrected chi connectivity index (χ3v) is 2.74. The van der Waals surface area contributed by atoms with E-state index in [1.165, 1.54) is 6.08 Å². The summed E-state index contributed by atoms with van der Waals surface area (Å²) in [6.07, 6.45) is 1.25. The predicted molar refractivity (Wildman–Crippen MR) is 66.4 cm³/mol. The van der Waals surface area contributed by atoms with Gasteiger partial charge in [0.2, 0.25) is 0 Å². The van der Waals surface area contributed by atoms with Gasteiger partial charge in [0.15, 0.2) is 18.2 Å². The van der Waals surface area contributed by atoms with Crippen LogP contribution in [-0.4, -0.2) is 36.5 Å². The Labute approximate surface area is 118 Å². The Balaban J connectivity index is 1.96. The zero-order valence-corrected chi connectivity index (χ0v) is 10.8. The number of aliphatic hydroxyl groups excluding tert-OH is 1. The molecule has 0 aromatic carbocycles. The van der Waals surface area contributed by atoms with Crippen molar-refractivity contribution in [1.29, 1.82) is 0 Å². The number of nitrogens with two attached hydrogens (primary N) is 1. The summed E-state index contributed by atoms with van der Waals surface area (Å²) in [4.78, 5) is 0. The number of hydrogen-bond acceptors (Lipinski definition) is 5. The summed E-state index contributed by atoms with van der Waals surface area (Å²) >= 11 is 0. The number of halogens is 3. The van der Waals surface area contributed by atoms with Crippen LogP contribution in [0, 0.1) is 0 Å². The average Bonchev–Trinajstić information content (AvgIpc) is 2.48. The molecule has 0 saturated heterocycles. The van der Waals surface area contributed by atoms with Crippen LogP contribution >= 0.6 is 0 Å². The van der Waals surface area contributed by atoms with Gasteiger partial charge in [-0.05, 0) is 6.08 Å². The maximum atomic E-state index is 13.7. The minimum absolute atomic E-state index is 0.00700. The highest BCUT2D eigenvalue weighted by atomic mass is 19.3. The van der Waals surface area contributed by atoms with Crippen LogP contribution in [0.15, 0.2) is 48.0 Å². The normalized spacial score (nSPS) is 25.0. The molecule has 1 aliphatic heterocycles. The summed E-state index contributed by atoms with van der Waals surface area (Å²) in [6.45, 7) is -0.114. The average molecular weight is 305 g/mol. The van der Waals surface area contributed by atoms with Gasteiger partial charge in [-0.25, -0.2) is 4.39 Å². The third-order valence-electron chi connectivity index (χ3n) is 2.74. The second-order valence-electron chi connectivity index (χ2n) is 4.37. The quantitative estimate of drug-likeness (QED) is 0.805. The van der Waals surface area contributed by atoms with Gasteiger partial charge in [0.1, 0.15) is 19.0 Å². The lowest BCUT2D eigenvalue weighted by atomic mass is 9.98. The molecule has 116 valence electrons. The molecule has 0 amide bonds. The van der Waals surface area contributed by atoms with E-state index in [4.69, 9.17) is 19.9 Å². The number of alkyl halides is 3. The summed E-state index contributed by atoms with van der Waals surface area (Å²) in [5.41, 5.74) is 4.85. The molecule has 2 aliphatic rings. The van der Waals surface area contributed by atoms with E-state index in [0.717, 1.165) is 18.6 Å². The Morgan fingerprint density at radius 1 is 1.38 bits per heavy atom. The first kappa shape index (κ1) is 15.5. The number of aliphatic hydroxyl groups is 1. The molecule has 0 spiro atoms. The maximum Gasteiger partial charge on any atom is 0.321 e. The molecule has 3 N–H and O–H groups in total. The molecule has 0 saturated carbocycles. The largest absolute Gasteiger partial charge is 0.460 e. The van der Waals surface area contributed by atoms with Gasteiger partial charge < -0.3 is 25.1 Å². The highest BCUT2D eigenvalue weighted by molar-refractivity contribution is 5.39. The topological polar surface area (TPSA) is 73.9 Å². The molecular formula is C13H14F3NO4. The van der Waals surface area contributed by atoms with E-state index in [-0.39, 0.29) is 30.4 Å². The molecule has 1 unspecified atom stereocenters. The molecule has 2 atom stereocenters. The van der Waals surface area contributed by atoms with Gasteiger partial charge in [0.25, 0.3) is 0 Å². The highest BCUT2D eigenvalue weighted by Crippen LogP contribution is 2.36. The number of rotatable bonds is 5. The second-order valence-corrected chi connectivity index (χ2v) is 4.37. The summed E-state index contributed by atoms with van der Waals surface area (Å²) in [5.74, 6) is -3.88. The molecule has 5 nitrogen and oxygen atoms in total. The number of hydrogen-bond donors (Lipinski definition) is 2. The van der Waals surface area contributed by atoms with Crippen molar-refractivity contribution in [2.75, 3.05) is 13.2 Å². The van der Waals surface area contributed by atoms with Crippen LogP contribution in [0.3, 0.4) is 0 Å². The van der Waals surface area contributed by atoms with E-state index in [1.807, 2.05) is 0 Å². The monoisotopic (exact) mass is 305 g/mol. The second kappa shape index (κ2) is 6.23. The van der Waals surface area contributed by atoms with Crippen molar-refractivity contribution in [3.63, 3.8) is 0 Å². The van der Waals surface area contributed by atoms with Crippen molar-refractivity contribution < 1.29 is 32.5 Å². The van der Waals surface area contributed by atoms with Crippen molar-refractivity contribution in [3.8, 4) is 0 Å². The maximum absolute atomic E-state index is 13.7. The van der Waals surface area contributed by atoms with Crippen LogP contribution in [0.1, 0.15) is 0 Å². The highest BCUT2D eigenvalue weighted by Gasteiger charge is 2.43. The molecule has 1 heterocycles. The first-order chi connectivity index (χ1) is 9.94. The number of ether oxygens (including phenoxy) is 3. The Kier molecular flexibility index (Phi) is 4.59. The summed E-state index contributed by atoms with van der Waals surface area (Å²) in [6, 6.07) is 0. The zero-order chi connectivity index (χ0) is 15.5. The van der Waals surface area contributed by atoms with Crippen LogP contribution in [0.2, 0.25) is 0 Å². The SMILES string of the molecule is NC[C@@H](O)COC1=COC(C2=CC=CC(F)(F)C2F)=CO1. The zero-order valence-electron chi connectivity index (χ0n) is 10.8. The van der Waals surface area contributed by atoms with Crippen LogP contribution in [0.25, 0.3) is 0 Å². The third kappa shape index (κ3) is 3.59. The lowest BCUT2D eigenvalue weighted by Crippen LogP contribution is -2.32. The van der Waals surface area contributed by atoms with E-state index in [9.17, 15) is 18.3 Å². The Bertz CT molecular complexity index is 514. The van der Waals surface area contributed by atoms with Gasteiger partial charge in [-0.3, -0.25) is 0 Å². The van der Waals surface area contributed by atoms with E-state index in [2.05, 4.69) is 0 Å². The Hall–Kier alpha value is -1.93. The Morgan fingerprint density at radius 3 is 2.76 bits per heavy atom. The van der Waals surface area contributed by atoms with Gasteiger partial charge in [0.05, 0.1) is 0 Å². The van der Waals surface area contributed by atoms with Crippen molar-refractivity contribution in [2.45, 2.75) is 18.2 Å². The molecule has 0 fully saturated rings. The summed E-state index contributed by atoms with van der Waals surface area (Å²) < 4.78 is 55.1. The summed E-state index contributed by atoms with van der Waals surface area (Å²) in [7, 11) is 0. The Morgan fingerprint density at radius 2 is 2.14 bits per heavy atom. The number of allylic oxidation sites excluding steroid dienone is 4. The fourth-order valence-corrected chi connectivity index (χ4v) is 1.59. The van der Waals surface area contributed by atoms with Crippen LogP contribution in [0.4, 0.5) is 13.2 Å². The molecule has 2 rings (SSSR count). The molecule has 0 aromatic rings. The minimum atomic E-state index is -3.60. The predicted octanol–water partition coefficient (Wildman–Crippen LogP) is 1.48. The van der Waals surface area contributed by atoms with E-state index in [1.54, 1.807) is 0 Å². The molecule has 8 heteroatoms. The molecule has 0 bridgehead atoms. The first-order valence-corrected chi connectivity index (χ1v) is 6.10. The fourth-order valence-electron chi connectivity index (χ4n) is 1.59. The fraction of sp³-hybridized carbons (Fsp3) is 0.385. The van der Waals surface area contributed by atoms with Gasteiger partial charge in [-0.2, -0.15) is 8.78 Å². The standard InChI is InChI=1S/C13H14F3NO4/c14-12-9(2-1-3-13(12,15)16)10-6-21-11(7-19-10)20-5-8(18)4-17/h1-3,6-8,12,18H,4-5,17H2/t8-,12?/m1/s1. The van der Waals surface area contributed by atoms with E-state index < -0.39 is 18.2 Å². The molecular weight excluding hydrogens is 291 g/mol. The van der Waals surface area contributed by atoms with E-state index >= 15 is 0 Å². The van der Waals surface area contributed by atoms with Gasteiger partial charge >= 0.3 is 11.9 Å². The van der Waals surface area contributed by atoms with Gasteiger partial charge in [-0.1, -0.05) is 12.2 Å². The minimum Gasteiger partial charge on any atom is -0.460 e. The lowest BCUT2D eigenvalue weighted by Gasteiger charge is -2.25. The van der Waals surface area contributed by atoms with Crippen molar-refractivity contribution in [2.24, 2.45) is 5.73 Å². The first-order valence-electron chi connectivity index (χ1n) is 6.10. The van der Waals surface area contributed by atoms with Crippen LogP contribution in [-0.2, 0) is 14.2 Å². The molecule has 21 heavy (non-hydrogen) atoms. The smallest absolute Gasteiger partial charge is 0.321 e. The summed E-state index contributed by atoms with van der Waals surface area (Å²) in [5, 5.41) is 9.20. The van der Waals surface area contributed by atoms with Crippen molar-refractivity contribution >= 4 is 0 Å². The van der Waals surface area contributed by atoms with Crippen LogP contribution in [0.5, 0.6) is 0 Å². The van der Waals surface area contributed by atoms with Crippen molar-refractivity contribution in [3.05, 3.63) is 48.0 Å². The lowest BCUT2D eigenvalue weighted by molar-refractivity contribution is -0.0170. The van der Waals surface area contributed by atoms with Gasteiger partial charge in [-0.15, -0.1) is 0 Å². The molecule has 1 aliphatic carbocycles. The van der Waals surface area contributed by atoms with E-state index in [0.29, 0.717) is 6.08 Å². The van der Waals surface area contributed by atoms with Crippen LogP contribution < -0.4 is 5.73 Å². The van der Waals surface area contributed by atoms with Gasteiger partial charge in [0, 0.05) is 12.1 Å².